The molecule has 0 saturated carbocycles. The van der Waals surface area contributed by atoms with Crippen LogP contribution in [0.15, 0.2) is 48.5 Å². The molecule has 0 aromatic heterocycles. The second-order valence-corrected chi connectivity index (χ2v) is 8.25. The molecule has 0 aliphatic carbocycles. The van der Waals surface area contributed by atoms with Crippen molar-refractivity contribution in [3.63, 3.8) is 0 Å². The van der Waals surface area contributed by atoms with Crippen LogP contribution in [-0.2, 0) is 14.3 Å². The quantitative estimate of drug-likeness (QED) is 0.737. The lowest BCUT2D eigenvalue weighted by molar-refractivity contribution is -0.162. The maximum Gasteiger partial charge on any atom is 0.251 e. The van der Waals surface area contributed by atoms with Crippen molar-refractivity contribution in [1.82, 2.24) is 10.2 Å². The molecule has 1 aliphatic rings. The third-order valence-corrected chi connectivity index (χ3v) is 5.66. The molecular weight excluding hydrogens is 404 g/mol. The van der Waals surface area contributed by atoms with Crippen LogP contribution in [0.2, 0.25) is 5.02 Å². The molecule has 160 valence electrons. The van der Waals surface area contributed by atoms with Crippen LogP contribution in [0.4, 0.5) is 0 Å². The van der Waals surface area contributed by atoms with Gasteiger partial charge in [-0.05, 0) is 34.7 Å². The number of nitrogens with zero attached hydrogens (tertiary/aromatic N) is 1. The number of amides is 2. The summed E-state index contributed by atoms with van der Waals surface area (Å²) in [6.45, 7) is 4.09. The second kappa shape index (κ2) is 9.60. The summed E-state index contributed by atoms with van der Waals surface area (Å²) in [6.07, 6.45) is -1.73. The van der Waals surface area contributed by atoms with Crippen molar-refractivity contribution in [1.29, 1.82) is 0 Å². The predicted octanol–water partition coefficient (Wildman–Crippen LogP) is 3.21. The van der Waals surface area contributed by atoms with E-state index in [2.05, 4.69) is 19.2 Å². The van der Waals surface area contributed by atoms with Crippen molar-refractivity contribution in [2.45, 2.75) is 38.0 Å². The van der Waals surface area contributed by atoms with Crippen molar-refractivity contribution in [3.8, 4) is 0 Å². The third kappa shape index (κ3) is 5.01. The number of rotatable bonds is 6. The van der Waals surface area contributed by atoms with E-state index >= 15 is 0 Å². The highest BCUT2D eigenvalue weighted by Gasteiger charge is 2.40. The van der Waals surface area contributed by atoms with Crippen LogP contribution in [0.5, 0.6) is 0 Å². The van der Waals surface area contributed by atoms with Gasteiger partial charge in [0.05, 0.1) is 12.1 Å². The normalized spacial score (nSPS) is 20.3. The molecule has 2 aromatic rings. The minimum atomic E-state index is -0.885. The third-order valence-electron chi connectivity index (χ3n) is 5.41. The Kier molecular flexibility index (Phi) is 7.13. The molecule has 1 heterocycles. The van der Waals surface area contributed by atoms with Crippen LogP contribution in [0.3, 0.4) is 0 Å². The number of carbonyl (C=O) groups is 2. The zero-order valence-electron chi connectivity index (χ0n) is 17.3. The van der Waals surface area contributed by atoms with Gasteiger partial charge in [0.1, 0.15) is 6.61 Å². The van der Waals surface area contributed by atoms with E-state index in [1.807, 2.05) is 24.3 Å². The number of hydrogen-bond acceptors (Lipinski definition) is 4. The Bertz CT molecular complexity index is 883. The zero-order chi connectivity index (χ0) is 21.8. The lowest BCUT2D eigenvalue weighted by Gasteiger charge is -2.38. The van der Waals surface area contributed by atoms with E-state index in [0.717, 1.165) is 11.1 Å². The van der Waals surface area contributed by atoms with Crippen LogP contribution in [0, 0.1) is 0 Å². The van der Waals surface area contributed by atoms with Gasteiger partial charge in [-0.25, -0.2) is 0 Å². The van der Waals surface area contributed by atoms with Gasteiger partial charge in [-0.15, -0.1) is 0 Å². The molecule has 3 unspecified atom stereocenters. The SMILES string of the molecule is CC(C)c1ccc(C(O)CNC(=O)C2OCC(=O)N(C)C2c2ccc(Cl)cc2)cc1. The fraction of sp³-hybridized carbons (Fsp3) is 0.391. The number of nitrogens with one attached hydrogen (secondary N) is 1. The van der Waals surface area contributed by atoms with Crippen molar-refractivity contribution in [3.05, 3.63) is 70.2 Å². The van der Waals surface area contributed by atoms with Crippen LogP contribution in [-0.4, -0.2) is 48.1 Å². The highest BCUT2D eigenvalue weighted by Crippen LogP contribution is 2.30. The van der Waals surface area contributed by atoms with E-state index in [0.29, 0.717) is 10.9 Å². The minimum absolute atomic E-state index is 0.0463. The molecular formula is C23H27ClN2O4. The maximum atomic E-state index is 12.9. The number of aliphatic hydroxyl groups excluding tert-OH is 1. The van der Waals surface area contributed by atoms with Gasteiger partial charge in [0.2, 0.25) is 5.91 Å². The predicted molar refractivity (Wildman–Crippen MR) is 115 cm³/mol. The van der Waals surface area contributed by atoms with Gasteiger partial charge in [-0.2, -0.15) is 0 Å². The smallest absolute Gasteiger partial charge is 0.251 e. The van der Waals surface area contributed by atoms with Crippen LogP contribution < -0.4 is 5.32 Å². The summed E-state index contributed by atoms with van der Waals surface area (Å²) in [6, 6.07) is 14.1. The molecule has 1 aliphatic heterocycles. The summed E-state index contributed by atoms with van der Waals surface area (Å²) in [5.74, 6) is -0.180. The molecule has 0 bridgehead atoms. The Hall–Kier alpha value is -2.41. The molecule has 7 heteroatoms. The first-order valence-corrected chi connectivity index (χ1v) is 10.3. The van der Waals surface area contributed by atoms with Crippen LogP contribution in [0.1, 0.15) is 48.6 Å². The standard InChI is InChI=1S/C23H27ClN2O4/c1-14(2)15-4-6-16(7-5-15)19(27)12-25-23(29)22-21(26(3)20(28)13-30-22)17-8-10-18(24)11-9-17/h4-11,14,19,21-22,27H,12-13H2,1-3H3,(H,25,29). The summed E-state index contributed by atoms with van der Waals surface area (Å²) < 4.78 is 5.58. The van der Waals surface area contributed by atoms with Crippen molar-refractivity contribution in [2.24, 2.45) is 0 Å². The number of aliphatic hydroxyl groups is 1. The summed E-state index contributed by atoms with van der Waals surface area (Å²) in [7, 11) is 1.65. The molecule has 0 radical (unpaired) electrons. The van der Waals surface area contributed by atoms with E-state index in [4.69, 9.17) is 16.3 Å². The first-order chi connectivity index (χ1) is 14.3. The average Bonchev–Trinajstić information content (AvgIpc) is 2.74. The number of carbonyl (C=O) groups excluding carboxylic acids is 2. The average molecular weight is 431 g/mol. The van der Waals surface area contributed by atoms with Gasteiger partial charge in [0.25, 0.3) is 5.91 Å². The molecule has 2 aromatic carbocycles. The van der Waals surface area contributed by atoms with E-state index in [9.17, 15) is 14.7 Å². The highest BCUT2D eigenvalue weighted by atomic mass is 35.5. The van der Waals surface area contributed by atoms with Crippen molar-refractivity contribution < 1.29 is 19.4 Å². The summed E-state index contributed by atoms with van der Waals surface area (Å²) >= 11 is 5.97. The zero-order valence-corrected chi connectivity index (χ0v) is 18.1. The Labute approximate surface area is 181 Å². The Morgan fingerprint density at radius 3 is 2.37 bits per heavy atom. The fourth-order valence-electron chi connectivity index (χ4n) is 3.51. The first-order valence-electron chi connectivity index (χ1n) is 9.96. The van der Waals surface area contributed by atoms with Crippen LogP contribution in [0.25, 0.3) is 0 Å². The fourth-order valence-corrected chi connectivity index (χ4v) is 3.63. The topological polar surface area (TPSA) is 78.9 Å². The second-order valence-electron chi connectivity index (χ2n) is 7.81. The van der Waals surface area contributed by atoms with Gasteiger partial charge in [-0.3, -0.25) is 9.59 Å². The summed E-state index contributed by atoms with van der Waals surface area (Å²) in [5.41, 5.74) is 2.66. The van der Waals surface area contributed by atoms with E-state index in [1.54, 1.807) is 31.3 Å². The molecule has 0 spiro atoms. The Balaban J connectivity index is 1.69. The van der Waals surface area contributed by atoms with Crippen molar-refractivity contribution in [2.75, 3.05) is 20.2 Å². The molecule has 1 saturated heterocycles. The van der Waals surface area contributed by atoms with Gasteiger partial charge in [-0.1, -0.05) is 61.8 Å². The van der Waals surface area contributed by atoms with Gasteiger partial charge in [0, 0.05) is 18.6 Å². The molecule has 3 atom stereocenters. The molecule has 3 rings (SSSR count). The number of morpholine rings is 1. The highest BCUT2D eigenvalue weighted by molar-refractivity contribution is 6.30. The van der Waals surface area contributed by atoms with E-state index in [1.165, 1.54) is 10.5 Å². The molecule has 2 amide bonds. The molecule has 6 nitrogen and oxygen atoms in total. The Morgan fingerprint density at radius 2 is 1.77 bits per heavy atom. The number of benzene rings is 2. The van der Waals surface area contributed by atoms with Crippen LogP contribution >= 0.6 is 11.6 Å². The largest absolute Gasteiger partial charge is 0.387 e. The molecule has 30 heavy (non-hydrogen) atoms. The van der Waals surface area contributed by atoms with E-state index in [-0.39, 0.29) is 25.0 Å². The number of likely N-dealkylation sites (N-methyl/N-ethyl adjacent to an activating group) is 1. The maximum absolute atomic E-state index is 12.9. The lowest BCUT2D eigenvalue weighted by atomic mass is 9.97. The lowest BCUT2D eigenvalue weighted by Crippen LogP contribution is -2.53. The number of ether oxygens (including phenoxy) is 1. The van der Waals surface area contributed by atoms with E-state index < -0.39 is 18.2 Å². The number of hydrogen-bond donors (Lipinski definition) is 2. The monoisotopic (exact) mass is 430 g/mol. The first kappa shape index (κ1) is 22.3. The Morgan fingerprint density at radius 1 is 1.17 bits per heavy atom. The van der Waals surface area contributed by atoms with Gasteiger partial charge >= 0.3 is 0 Å². The number of halogens is 1. The summed E-state index contributed by atoms with van der Waals surface area (Å²) in [5, 5.41) is 13.8. The minimum Gasteiger partial charge on any atom is -0.387 e. The molecule has 1 fully saturated rings. The molecule has 2 N–H and O–H groups in total. The van der Waals surface area contributed by atoms with Crippen molar-refractivity contribution >= 4 is 23.4 Å². The summed E-state index contributed by atoms with van der Waals surface area (Å²) in [4.78, 5) is 26.5. The van der Waals surface area contributed by atoms with Gasteiger partial charge in [0.15, 0.2) is 6.10 Å². The van der Waals surface area contributed by atoms with Gasteiger partial charge < -0.3 is 20.1 Å².